The van der Waals surface area contributed by atoms with Gasteiger partial charge in [-0.3, -0.25) is 24.0 Å². The number of cyclic esters (lactones) is 2. The number of ether oxygens (including phenoxy) is 2. The van der Waals surface area contributed by atoms with Gasteiger partial charge in [-0.25, -0.2) is 9.59 Å². The van der Waals surface area contributed by atoms with Gasteiger partial charge in [0.1, 0.15) is 30.3 Å². The van der Waals surface area contributed by atoms with Gasteiger partial charge >= 0.3 is 11.9 Å². The number of hydrogen-bond acceptors (Lipinski definition) is 10. The Hall–Kier alpha value is -5.23. The molecule has 0 fully saturated rings. The Bertz CT molecular complexity index is 1740. The van der Waals surface area contributed by atoms with Crippen LogP contribution in [0, 0.1) is 30.1 Å². The lowest BCUT2D eigenvalue weighted by Gasteiger charge is -2.34. The molecule has 338 valence electrons. The molecule has 3 unspecified atom stereocenters. The van der Waals surface area contributed by atoms with Crippen molar-refractivity contribution in [3.63, 3.8) is 0 Å². The normalized spacial score (nSPS) is 26.2. The summed E-state index contributed by atoms with van der Waals surface area (Å²) < 4.78 is 11.7. The third kappa shape index (κ3) is 15.6. The number of benzene rings is 1. The molecule has 61 heavy (non-hydrogen) atoms. The second-order valence-corrected chi connectivity index (χ2v) is 16.8. The largest absolute Gasteiger partial charge is 0.460 e. The maximum absolute atomic E-state index is 14.2. The second kappa shape index (κ2) is 24.9. The minimum Gasteiger partial charge on any atom is -0.460 e. The van der Waals surface area contributed by atoms with Crippen LogP contribution in [0.25, 0.3) is 0 Å². The Kier molecular flexibility index (Phi) is 21.2. The summed E-state index contributed by atoms with van der Waals surface area (Å²) in [7, 11) is 4.29. The molecule has 1 aliphatic rings. The molecule has 0 saturated heterocycles. The van der Waals surface area contributed by atoms with Crippen LogP contribution in [0.3, 0.4) is 0 Å². The van der Waals surface area contributed by atoms with Gasteiger partial charge in [0.25, 0.3) is 5.91 Å². The molecule has 3 N–H and O–H groups in total. The predicted octanol–water partition coefficient (Wildman–Crippen LogP) is 3.42. The second-order valence-electron chi connectivity index (χ2n) is 16.8. The van der Waals surface area contributed by atoms with E-state index in [2.05, 4.69) is 16.6 Å². The fourth-order valence-electron chi connectivity index (χ4n) is 6.85. The number of amides is 5. The number of nitrogens with one attached hydrogen (secondary N) is 2. The lowest BCUT2D eigenvalue weighted by Crippen LogP contribution is -2.58. The van der Waals surface area contributed by atoms with E-state index in [9.17, 15) is 38.7 Å². The molecule has 1 aliphatic heterocycles. The zero-order chi connectivity index (χ0) is 46.1. The van der Waals surface area contributed by atoms with E-state index in [0.717, 1.165) is 5.56 Å². The summed E-state index contributed by atoms with van der Waals surface area (Å²) in [4.78, 5) is 100. The van der Waals surface area contributed by atoms with Gasteiger partial charge in [0.05, 0.1) is 12.6 Å². The standard InChI is InChI=1S/C46H69N5O10/c1-13-15-17-22-36(52)31(7)37-24-23-30(6)45(58)61-38(25-28(3)4)41(54)47-32(8)42(55)51(12)35(26-34-20-18-16-19-21-34)43(56)49(10)27-39(53)48-40(29(5)14-2)44(57)50(11)33(9)46(59)60-37/h1,16,18-21,23,28-29,31-33,35-38,40,52H,14-15,17,22,24-27H2,2-12H3,(H,47,54)(H,48,53)/b30-23-/t29?,31-,32-,33-,35?,36+,37-,38+,40?/m0/s1. The molecule has 1 heterocycles. The summed E-state index contributed by atoms with van der Waals surface area (Å²) in [6, 6.07) is 4.55. The molecule has 0 spiro atoms. The molecule has 2 rings (SSSR count). The van der Waals surface area contributed by atoms with Gasteiger partial charge < -0.3 is 39.9 Å². The molecule has 0 aromatic heterocycles. The van der Waals surface area contributed by atoms with E-state index in [1.165, 1.54) is 62.7 Å². The monoisotopic (exact) mass is 852 g/mol. The van der Waals surface area contributed by atoms with E-state index in [0.29, 0.717) is 25.7 Å². The molecule has 1 aromatic carbocycles. The molecule has 0 radical (unpaired) electrons. The molecular weight excluding hydrogens is 783 g/mol. The van der Waals surface area contributed by atoms with Crippen molar-refractivity contribution >= 4 is 41.5 Å². The van der Waals surface area contributed by atoms with Crippen LogP contribution in [0.4, 0.5) is 0 Å². The summed E-state index contributed by atoms with van der Waals surface area (Å²) in [6.07, 6.45) is 5.71. The van der Waals surface area contributed by atoms with Crippen LogP contribution in [0.1, 0.15) is 99.5 Å². The number of aliphatic hydroxyl groups excluding tert-OH is 1. The van der Waals surface area contributed by atoms with Crippen LogP contribution in [-0.2, 0) is 49.5 Å². The number of esters is 2. The number of carbonyl (C=O) groups excluding carboxylic acids is 7. The predicted molar refractivity (Wildman–Crippen MR) is 231 cm³/mol. The molecule has 5 amide bonds. The molecule has 0 aliphatic carbocycles. The highest BCUT2D eigenvalue weighted by molar-refractivity contribution is 5.96. The van der Waals surface area contributed by atoms with E-state index in [1.807, 2.05) is 26.8 Å². The van der Waals surface area contributed by atoms with Gasteiger partial charge in [0, 0.05) is 51.9 Å². The highest BCUT2D eigenvalue weighted by Gasteiger charge is 2.38. The minimum atomic E-state index is -1.29. The Morgan fingerprint density at radius 3 is 2.13 bits per heavy atom. The van der Waals surface area contributed by atoms with Crippen molar-refractivity contribution in [2.45, 2.75) is 143 Å². The average Bonchev–Trinajstić information content (AvgIpc) is 3.23. The maximum Gasteiger partial charge on any atom is 0.334 e. The van der Waals surface area contributed by atoms with Gasteiger partial charge in [-0.1, -0.05) is 77.4 Å². The Morgan fingerprint density at radius 1 is 0.902 bits per heavy atom. The highest BCUT2D eigenvalue weighted by atomic mass is 16.6. The van der Waals surface area contributed by atoms with Crippen LogP contribution in [0.5, 0.6) is 0 Å². The van der Waals surface area contributed by atoms with Crippen molar-refractivity contribution in [3.8, 4) is 12.3 Å². The summed E-state index contributed by atoms with van der Waals surface area (Å²) in [5.74, 6) is -3.25. The molecule has 0 bridgehead atoms. The average molecular weight is 852 g/mol. The van der Waals surface area contributed by atoms with Gasteiger partial charge in [0.15, 0.2) is 6.10 Å². The SMILES string of the molecule is C#CCCC[C@@H](O)[C@H](C)[C@@H]1C/C=C(/C)C(=O)O[C@H](CC(C)C)C(=O)N[C@@H](C)C(=O)N(C)C(Cc2ccccc2)C(=O)N(C)CC(=O)NC(C(C)CC)C(=O)N(C)[C@@H](C)C(=O)O1. The van der Waals surface area contributed by atoms with Gasteiger partial charge in [-0.15, -0.1) is 12.3 Å². The third-order valence-corrected chi connectivity index (χ3v) is 11.4. The number of nitrogens with zero attached hydrogens (tertiary/aromatic N) is 3. The summed E-state index contributed by atoms with van der Waals surface area (Å²) >= 11 is 0. The molecular formula is C46H69N5O10. The van der Waals surface area contributed by atoms with Crippen LogP contribution in [-0.4, -0.2) is 131 Å². The first-order valence-corrected chi connectivity index (χ1v) is 21.3. The molecule has 15 heteroatoms. The van der Waals surface area contributed by atoms with Gasteiger partial charge in [-0.05, 0) is 57.4 Å². The zero-order valence-corrected chi connectivity index (χ0v) is 37.9. The number of likely N-dealkylation sites (N-methyl/N-ethyl adjacent to an activating group) is 3. The number of unbranched alkanes of at least 4 members (excludes halogenated alkanes) is 1. The molecule has 0 saturated carbocycles. The highest BCUT2D eigenvalue weighted by Crippen LogP contribution is 2.23. The summed E-state index contributed by atoms with van der Waals surface area (Å²) in [6.45, 7) is 13.0. The Labute approximate surface area is 362 Å². The first kappa shape index (κ1) is 51.9. The van der Waals surface area contributed by atoms with Crippen LogP contribution in [0.15, 0.2) is 42.0 Å². The van der Waals surface area contributed by atoms with E-state index < -0.39 is 96.4 Å². The van der Waals surface area contributed by atoms with E-state index >= 15 is 0 Å². The first-order chi connectivity index (χ1) is 28.6. The van der Waals surface area contributed by atoms with Crippen molar-refractivity contribution in [1.29, 1.82) is 0 Å². The Balaban J connectivity index is 2.67. The number of hydrogen-bond donors (Lipinski definition) is 3. The Morgan fingerprint density at radius 2 is 1.54 bits per heavy atom. The van der Waals surface area contributed by atoms with Gasteiger partial charge in [-0.2, -0.15) is 0 Å². The van der Waals surface area contributed by atoms with Crippen molar-refractivity contribution in [3.05, 3.63) is 47.5 Å². The lowest BCUT2D eigenvalue weighted by molar-refractivity contribution is -0.162. The molecule has 15 nitrogen and oxygen atoms in total. The lowest BCUT2D eigenvalue weighted by atomic mass is 9.91. The van der Waals surface area contributed by atoms with Crippen molar-refractivity contribution in [2.75, 3.05) is 27.7 Å². The molecule has 9 atom stereocenters. The summed E-state index contributed by atoms with van der Waals surface area (Å²) in [5, 5.41) is 16.5. The maximum atomic E-state index is 14.2. The third-order valence-electron chi connectivity index (χ3n) is 11.4. The first-order valence-electron chi connectivity index (χ1n) is 21.3. The van der Waals surface area contributed by atoms with E-state index in [4.69, 9.17) is 15.9 Å². The van der Waals surface area contributed by atoms with Crippen LogP contribution in [0.2, 0.25) is 0 Å². The van der Waals surface area contributed by atoms with E-state index in [1.54, 1.807) is 38.1 Å². The number of terminal acetylenes is 1. The van der Waals surface area contributed by atoms with E-state index in [-0.39, 0.29) is 36.7 Å². The number of rotatable bonds is 11. The topological polar surface area (TPSA) is 192 Å². The number of carbonyl (C=O) groups is 7. The van der Waals surface area contributed by atoms with Crippen molar-refractivity contribution < 1.29 is 48.1 Å². The smallest absolute Gasteiger partial charge is 0.334 e. The quantitative estimate of drug-likeness (QED) is 0.169. The van der Waals surface area contributed by atoms with Crippen LogP contribution >= 0.6 is 0 Å². The fraction of sp³-hybridized carbons (Fsp3) is 0.630. The fourth-order valence-corrected chi connectivity index (χ4v) is 6.85. The van der Waals surface area contributed by atoms with Crippen molar-refractivity contribution in [1.82, 2.24) is 25.3 Å². The van der Waals surface area contributed by atoms with Crippen LogP contribution < -0.4 is 10.6 Å². The van der Waals surface area contributed by atoms with Gasteiger partial charge in [0.2, 0.25) is 23.6 Å². The summed E-state index contributed by atoms with van der Waals surface area (Å²) in [5.41, 5.74) is 0.847. The minimum absolute atomic E-state index is 0.0225. The number of aliphatic hydroxyl groups is 1. The molecule has 1 aromatic rings. The van der Waals surface area contributed by atoms with Crippen molar-refractivity contribution in [2.24, 2.45) is 17.8 Å². The zero-order valence-electron chi connectivity index (χ0n) is 37.9.